The van der Waals surface area contributed by atoms with Crippen molar-refractivity contribution in [3.8, 4) is 0 Å². The largest absolute Gasteiger partial charge is 0.496 e. The Labute approximate surface area is 119 Å². The first kappa shape index (κ1) is 13.6. The fourth-order valence-corrected chi connectivity index (χ4v) is 2.48. The van der Waals surface area contributed by atoms with Crippen molar-refractivity contribution in [2.45, 2.75) is 38.9 Å². The predicted octanol–water partition coefficient (Wildman–Crippen LogP) is 3.51. The molecule has 2 nitrogen and oxygen atoms in total. The van der Waals surface area contributed by atoms with E-state index in [1.165, 1.54) is 0 Å². The van der Waals surface area contributed by atoms with Crippen LogP contribution < -0.4 is 5.46 Å². The summed E-state index contributed by atoms with van der Waals surface area (Å²) in [5, 5.41) is 0. The van der Waals surface area contributed by atoms with E-state index in [1.807, 2.05) is 18.2 Å². The van der Waals surface area contributed by atoms with Gasteiger partial charge in [0.1, 0.15) is 0 Å². The Morgan fingerprint density at radius 3 is 2.06 bits per heavy atom. The highest BCUT2D eigenvalue weighted by molar-refractivity contribution is 9.11. The lowest BCUT2D eigenvalue weighted by atomic mass is 9.79. The van der Waals surface area contributed by atoms with E-state index in [9.17, 15) is 0 Å². The van der Waals surface area contributed by atoms with Crippen molar-refractivity contribution < 1.29 is 9.31 Å². The van der Waals surface area contributed by atoms with Crippen LogP contribution in [0, 0.1) is 0 Å². The fourth-order valence-electron chi connectivity index (χ4n) is 1.67. The molecule has 17 heavy (non-hydrogen) atoms. The molecule has 1 heterocycles. The fraction of sp³-hybridized carbons (Fsp3) is 0.500. The molecule has 0 radical (unpaired) electrons. The summed E-state index contributed by atoms with van der Waals surface area (Å²) in [6.07, 6.45) is 0. The van der Waals surface area contributed by atoms with Gasteiger partial charge in [-0.2, -0.15) is 0 Å². The average molecular weight is 362 g/mol. The number of halogens is 2. The second kappa shape index (κ2) is 4.37. The van der Waals surface area contributed by atoms with Crippen molar-refractivity contribution in [1.29, 1.82) is 0 Å². The van der Waals surface area contributed by atoms with Crippen molar-refractivity contribution in [2.75, 3.05) is 0 Å². The zero-order valence-electron chi connectivity index (χ0n) is 10.4. The Kier molecular flexibility index (Phi) is 3.49. The Morgan fingerprint density at radius 2 is 1.53 bits per heavy atom. The maximum atomic E-state index is 6.01. The molecule has 0 N–H and O–H groups in total. The smallest absolute Gasteiger partial charge is 0.399 e. The second-order valence-corrected chi connectivity index (χ2v) is 7.02. The maximum absolute atomic E-state index is 6.01. The highest BCUT2D eigenvalue weighted by Gasteiger charge is 2.52. The van der Waals surface area contributed by atoms with E-state index in [0.29, 0.717) is 0 Å². The third-order valence-electron chi connectivity index (χ3n) is 3.47. The molecule has 1 aliphatic heterocycles. The Bertz CT molecular complexity index is 430. The molecule has 1 aliphatic rings. The molecule has 0 bridgehead atoms. The summed E-state index contributed by atoms with van der Waals surface area (Å²) in [6, 6.07) is 6.00. The van der Waals surface area contributed by atoms with Crippen molar-refractivity contribution in [3.05, 3.63) is 27.1 Å². The summed E-state index contributed by atoms with van der Waals surface area (Å²) < 4.78 is 14.0. The molecule has 0 amide bonds. The van der Waals surface area contributed by atoms with Crippen LogP contribution in [-0.4, -0.2) is 18.3 Å². The van der Waals surface area contributed by atoms with Crippen LogP contribution in [0.25, 0.3) is 0 Å². The van der Waals surface area contributed by atoms with Crippen LogP contribution in [0.5, 0.6) is 0 Å². The summed E-state index contributed by atoms with van der Waals surface area (Å²) in [5.74, 6) is 0. The Balaban J connectivity index is 2.35. The normalized spacial score (nSPS) is 21.9. The number of rotatable bonds is 1. The van der Waals surface area contributed by atoms with E-state index in [4.69, 9.17) is 9.31 Å². The van der Waals surface area contributed by atoms with Gasteiger partial charge in [-0.3, -0.25) is 0 Å². The van der Waals surface area contributed by atoms with Crippen LogP contribution in [-0.2, 0) is 9.31 Å². The second-order valence-electron chi connectivity index (χ2n) is 5.25. The summed E-state index contributed by atoms with van der Waals surface area (Å²) in [6.45, 7) is 8.22. The zero-order valence-corrected chi connectivity index (χ0v) is 13.6. The van der Waals surface area contributed by atoms with Gasteiger partial charge in [0.15, 0.2) is 0 Å². The van der Waals surface area contributed by atoms with Crippen LogP contribution in [0.1, 0.15) is 27.7 Å². The van der Waals surface area contributed by atoms with Gasteiger partial charge in [0.25, 0.3) is 0 Å². The van der Waals surface area contributed by atoms with Crippen LogP contribution in [0.3, 0.4) is 0 Å². The molecule has 0 aromatic heterocycles. The van der Waals surface area contributed by atoms with Crippen LogP contribution >= 0.6 is 31.9 Å². The quantitative estimate of drug-likeness (QED) is 0.713. The van der Waals surface area contributed by atoms with Gasteiger partial charge in [-0.25, -0.2) is 0 Å². The monoisotopic (exact) mass is 360 g/mol. The molecule has 1 aromatic rings. The van der Waals surface area contributed by atoms with Crippen molar-refractivity contribution in [1.82, 2.24) is 0 Å². The van der Waals surface area contributed by atoms with Crippen LogP contribution in [0.2, 0.25) is 0 Å². The predicted molar refractivity (Wildman–Crippen MR) is 77.6 cm³/mol. The SMILES string of the molecule is CC1(C)OB(c2cc(Br)ccc2Br)OC1(C)C. The van der Waals surface area contributed by atoms with E-state index >= 15 is 0 Å². The Hall–Kier alpha value is 0.165. The van der Waals surface area contributed by atoms with E-state index in [0.717, 1.165) is 14.4 Å². The molecule has 0 saturated carbocycles. The third-order valence-corrected chi connectivity index (χ3v) is 4.68. The minimum Gasteiger partial charge on any atom is -0.399 e. The lowest BCUT2D eigenvalue weighted by Gasteiger charge is -2.32. The highest BCUT2D eigenvalue weighted by Crippen LogP contribution is 2.37. The average Bonchev–Trinajstić information content (AvgIpc) is 2.40. The lowest BCUT2D eigenvalue weighted by molar-refractivity contribution is 0.00578. The van der Waals surface area contributed by atoms with Gasteiger partial charge in [-0.15, -0.1) is 0 Å². The van der Waals surface area contributed by atoms with Crippen molar-refractivity contribution in [3.63, 3.8) is 0 Å². The van der Waals surface area contributed by atoms with Gasteiger partial charge in [0.2, 0.25) is 0 Å². The van der Waals surface area contributed by atoms with Crippen LogP contribution in [0.4, 0.5) is 0 Å². The standard InChI is InChI=1S/C12H15BBr2O2/c1-11(2)12(3,4)17-13(16-11)9-7-8(14)5-6-10(9)15/h5-7H,1-4H3. The van der Waals surface area contributed by atoms with Gasteiger partial charge in [0.05, 0.1) is 11.2 Å². The van der Waals surface area contributed by atoms with Crippen molar-refractivity contribution >= 4 is 44.4 Å². The van der Waals surface area contributed by atoms with Gasteiger partial charge >= 0.3 is 7.12 Å². The maximum Gasteiger partial charge on any atom is 0.496 e. The van der Waals surface area contributed by atoms with Crippen LogP contribution in [0.15, 0.2) is 27.1 Å². The number of benzene rings is 1. The van der Waals surface area contributed by atoms with E-state index in [1.54, 1.807) is 0 Å². The molecule has 2 rings (SSSR count). The molecule has 0 unspecified atom stereocenters. The minimum atomic E-state index is -0.327. The molecule has 0 aliphatic carbocycles. The van der Waals surface area contributed by atoms with Gasteiger partial charge in [-0.1, -0.05) is 31.9 Å². The minimum absolute atomic E-state index is 0.306. The molecule has 1 fully saturated rings. The molecular weight excluding hydrogens is 347 g/mol. The summed E-state index contributed by atoms with van der Waals surface area (Å²) in [5.41, 5.74) is 0.400. The molecule has 92 valence electrons. The molecule has 5 heteroatoms. The summed E-state index contributed by atoms with van der Waals surface area (Å²) in [4.78, 5) is 0. The molecule has 0 atom stereocenters. The first-order valence-corrected chi connectivity index (χ1v) is 7.12. The first-order chi connectivity index (χ1) is 7.73. The molecular formula is C12H15BBr2O2. The van der Waals surface area contributed by atoms with E-state index in [2.05, 4.69) is 59.6 Å². The van der Waals surface area contributed by atoms with Crippen molar-refractivity contribution in [2.24, 2.45) is 0 Å². The zero-order chi connectivity index (χ0) is 12.8. The number of hydrogen-bond acceptors (Lipinski definition) is 2. The first-order valence-electron chi connectivity index (χ1n) is 5.53. The van der Waals surface area contributed by atoms with E-state index < -0.39 is 0 Å². The lowest BCUT2D eigenvalue weighted by Crippen LogP contribution is -2.41. The number of hydrogen-bond donors (Lipinski definition) is 0. The van der Waals surface area contributed by atoms with Gasteiger partial charge < -0.3 is 9.31 Å². The topological polar surface area (TPSA) is 18.5 Å². The molecule has 1 saturated heterocycles. The van der Waals surface area contributed by atoms with Gasteiger partial charge in [-0.05, 0) is 51.4 Å². The summed E-state index contributed by atoms with van der Waals surface area (Å²) in [7, 11) is -0.327. The van der Waals surface area contributed by atoms with E-state index in [-0.39, 0.29) is 18.3 Å². The molecule has 0 spiro atoms. The molecule has 1 aromatic carbocycles. The van der Waals surface area contributed by atoms with Gasteiger partial charge in [0, 0.05) is 8.95 Å². The third kappa shape index (κ3) is 2.48. The highest BCUT2D eigenvalue weighted by atomic mass is 79.9. The summed E-state index contributed by atoms with van der Waals surface area (Å²) >= 11 is 7.00. The Morgan fingerprint density at radius 1 is 1.00 bits per heavy atom.